The minimum absolute atomic E-state index is 0.239. The Balaban J connectivity index is 0.000000144. The zero-order chi connectivity index (χ0) is 34.9. The van der Waals surface area contributed by atoms with Gasteiger partial charge in [-0.1, -0.05) is 36.4 Å². The highest BCUT2D eigenvalue weighted by Gasteiger charge is 2.39. The molecule has 1 aliphatic heterocycles. The van der Waals surface area contributed by atoms with Crippen LogP contribution in [0, 0.1) is 26.8 Å². The molecule has 0 spiro atoms. The van der Waals surface area contributed by atoms with Crippen molar-refractivity contribution in [2.45, 2.75) is 0 Å². The van der Waals surface area contributed by atoms with Crippen molar-refractivity contribution in [1.29, 1.82) is 0 Å². The average Bonchev–Trinajstić information content (AvgIpc) is 3.09. The van der Waals surface area contributed by atoms with Crippen molar-refractivity contribution in [2.75, 3.05) is 0 Å². The molecule has 7 aromatic rings. The predicted molar refractivity (Wildman–Crippen MR) is 202 cm³/mol. The fraction of sp³-hybridized carbons (Fsp3) is 0. The van der Waals surface area contributed by atoms with Gasteiger partial charge in [0.25, 0.3) is 0 Å². The van der Waals surface area contributed by atoms with Crippen LogP contribution in [0.2, 0.25) is 0 Å². The number of hydrogen-bond donors (Lipinski definition) is 0. The number of benzene rings is 6. The van der Waals surface area contributed by atoms with Gasteiger partial charge in [-0.25, -0.2) is 17.6 Å². The van der Waals surface area contributed by atoms with Crippen LogP contribution >= 0.6 is 69.0 Å². The van der Waals surface area contributed by atoms with E-state index in [2.05, 4.69) is 66.6 Å². The van der Waals surface area contributed by atoms with Crippen molar-refractivity contribution < 1.29 is 35.8 Å². The molecule has 246 valence electrons. The Hall–Kier alpha value is -3.34. The molecule has 4 nitrogen and oxygen atoms in total. The van der Waals surface area contributed by atoms with Gasteiger partial charge < -0.3 is 13.7 Å². The topological polar surface area (TPSA) is 56.5 Å². The number of halogens is 7. The monoisotopic (exact) mass is 939 g/mol. The van der Waals surface area contributed by atoms with E-state index in [1.54, 1.807) is 24.3 Å². The van der Waals surface area contributed by atoms with Gasteiger partial charge in [-0.3, -0.25) is 0 Å². The van der Waals surface area contributed by atoms with Crippen molar-refractivity contribution in [3.05, 3.63) is 157 Å². The molecule has 1 aromatic heterocycles. The van der Waals surface area contributed by atoms with Crippen LogP contribution in [-0.2, 0) is 9.13 Å². The number of rotatable bonds is 1. The third kappa shape index (κ3) is 7.71. The first-order valence-corrected chi connectivity index (χ1v) is 19.8. The molecule has 0 bridgehead atoms. The lowest BCUT2D eigenvalue weighted by Crippen LogP contribution is -2.31. The Morgan fingerprint density at radius 2 is 0.980 bits per heavy atom. The standard InChI is InChI=1S/C18H10BrF2O2P.C12H6F2O2P.C6H4BrI/c19-11-1-5-14(6-2-11)24(22)17-9-12(20)3-7-15(17)23-16-8-4-13(21)10-18(16)24;13-7-1-3-9-11(5-7)17(15)12-6-8(14)2-4-10(12)16-9;7-5-1-3-6(8)4-2-5/h1-10H;1-6H;1-4H/q;+1;. The molecular formula is C36H20Br2F4IO4P2+. The fourth-order valence-corrected chi connectivity index (χ4v) is 10.1. The van der Waals surface area contributed by atoms with Gasteiger partial charge in [-0.2, -0.15) is 0 Å². The van der Waals surface area contributed by atoms with Crippen molar-refractivity contribution in [1.82, 2.24) is 0 Å². The zero-order valence-electron chi connectivity index (χ0n) is 24.7. The van der Waals surface area contributed by atoms with E-state index in [1.165, 1.54) is 64.2 Å². The molecule has 0 saturated heterocycles. The van der Waals surface area contributed by atoms with Gasteiger partial charge in [0.2, 0.25) is 10.2 Å². The van der Waals surface area contributed by atoms with Crippen LogP contribution in [0.15, 0.2) is 135 Å². The number of fused-ring (bicyclic) bond motifs is 4. The van der Waals surface area contributed by atoms with E-state index in [0.717, 1.165) is 21.1 Å². The zero-order valence-corrected chi connectivity index (χ0v) is 31.8. The summed E-state index contributed by atoms with van der Waals surface area (Å²) in [5.41, 5.74) is 0.707. The smallest absolute Gasteiger partial charge is 0.423 e. The van der Waals surface area contributed by atoms with Gasteiger partial charge in [0.05, 0.1) is 10.6 Å². The molecule has 13 heteroatoms. The highest BCUT2D eigenvalue weighted by molar-refractivity contribution is 14.1. The summed E-state index contributed by atoms with van der Waals surface area (Å²) in [4.78, 5) is 0. The molecule has 0 atom stereocenters. The summed E-state index contributed by atoms with van der Waals surface area (Å²) in [6.07, 6.45) is 0. The molecule has 2 heterocycles. The highest BCUT2D eigenvalue weighted by atomic mass is 127. The number of ether oxygens (including phenoxy) is 1. The predicted octanol–water partition coefficient (Wildman–Crippen LogP) is 12.1. The minimum atomic E-state index is -3.45. The normalized spacial score (nSPS) is 12.5. The first kappa shape index (κ1) is 35.5. The van der Waals surface area contributed by atoms with Crippen molar-refractivity contribution in [2.24, 2.45) is 0 Å². The molecule has 0 amide bonds. The van der Waals surface area contributed by atoms with Crippen molar-refractivity contribution in [3.63, 3.8) is 0 Å². The van der Waals surface area contributed by atoms with Crippen LogP contribution < -0.4 is 20.7 Å². The fourth-order valence-electron chi connectivity index (χ4n) is 4.97. The molecule has 49 heavy (non-hydrogen) atoms. The summed E-state index contributed by atoms with van der Waals surface area (Å²) in [6.45, 7) is 0. The lowest BCUT2D eigenvalue weighted by atomic mass is 10.3. The molecule has 1 aliphatic rings. The van der Waals surface area contributed by atoms with Crippen LogP contribution in [0.3, 0.4) is 0 Å². The number of hydrogen-bond acceptors (Lipinski definition) is 4. The van der Waals surface area contributed by atoms with E-state index in [0.29, 0.717) is 28.0 Å². The Kier molecular flexibility index (Phi) is 10.8. The van der Waals surface area contributed by atoms with Crippen molar-refractivity contribution >= 4 is 106 Å². The van der Waals surface area contributed by atoms with E-state index in [9.17, 15) is 26.7 Å². The summed E-state index contributed by atoms with van der Waals surface area (Å²) in [5, 5.41) is 1.50. The molecule has 0 fully saturated rings. The van der Waals surface area contributed by atoms with Gasteiger partial charge in [-0.15, -0.1) is 0 Å². The van der Waals surface area contributed by atoms with Crippen LogP contribution in [0.4, 0.5) is 17.6 Å². The second-order valence-corrected chi connectivity index (χ2v) is 17.8. The summed E-state index contributed by atoms with van der Waals surface area (Å²) >= 11 is 8.96. The van der Waals surface area contributed by atoms with E-state index >= 15 is 0 Å². The molecule has 6 aromatic carbocycles. The summed E-state index contributed by atoms with van der Waals surface area (Å²) in [6, 6.07) is 30.5. The molecule has 0 N–H and O–H groups in total. The Morgan fingerprint density at radius 3 is 1.43 bits per heavy atom. The maximum Gasteiger partial charge on any atom is 0.423 e. The molecule has 0 radical (unpaired) electrons. The molecule has 0 aliphatic carbocycles. The second-order valence-electron chi connectivity index (χ2n) is 10.5. The van der Waals surface area contributed by atoms with E-state index < -0.39 is 37.8 Å². The molecule has 0 saturated carbocycles. The van der Waals surface area contributed by atoms with Gasteiger partial charge in [-0.05, 0) is 132 Å². The molecule has 0 unspecified atom stereocenters. The maximum absolute atomic E-state index is 14.1. The first-order chi connectivity index (χ1) is 23.4. The van der Waals surface area contributed by atoms with E-state index in [4.69, 9.17) is 9.15 Å². The van der Waals surface area contributed by atoms with Crippen LogP contribution in [-0.4, -0.2) is 0 Å². The Labute approximate surface area is 308 Å². The maximum atomic E-state index is 14.1. The minimum Gasteiger partial charge on any atom is -0.456 e. The summed E-state index contributed by atoms with van der Waals surface area (Å²) in [5.74, 6) is -1.38. The highest BCUT2D eigenvalue weighted by Crippen LogP contribution is 2.51. The summed E-state index contributed by atoms with van der Waals surface area (Å²) < 4.78 is 94.4. The third-order valence-electron chi connectivity index (χ3n) is 7.23. The average molecular weight is 941 g/mol. The second kappa shape index (κ2) is 14.9. The van der Waals surface area contributed by atoms with Gasteiger partial charge >= 0.3 is 7.41 Å². The third-order valence-corrected chi connectivity index (χ3v) is 13.7. The van der Waals surface area contributed by atoms with Crippen molar-refractivity contribution in [3.8, 4) is 11.5 Å². The quantitative estimate of drug-likeness (QED) is 0.0712. The van der Waals surface area contributed by atoms with Crippen LogP contribution in [0.5, 0.6) is 11.5 Å². The van der Waals surface area contributed by atoms with Crippen LogP contribution in [0.25, 0.3) is 21.4 Å². The van der Waals surface area contributed by atoms with Gasteiger partial charge in [0.1, 0.15) is 34.8 Å². The van der Waals surface area contributed by atoms with E-state index in [1.807, 2.05) is 12.1 Å². The lowest BCUT2D eigenvalue weighted by Gasteiger charge is -2.29. The van der Waals surface area contributed by atoms with Gasteiger partial charge in [0, 0.05) is 30.0 Å². The Bertz CT molecular complexity index is 2320. The van der Waals surface area contributed by atoms with Gasteiger partial charge in [0.15, 0.2) is 18.3 Å². The SMILES string of the molecule is Brc1ccc(I)cc1.O=P1(c2ccc(Br)cc2)c2cc(F)ccc2Oc2ccc(F)cc21.O=[p+]1c2cc(F)ccc2oc2ccc(F)cc21. The first-order valence-electron chi connectivity index (χ1n) is 14.2. The van der Waals surface area contributed by atoms with E-state index in [-0.39, 0.29) is 20.8 Å². The lowest BCUT2D eigenvalue weighted by molar-refractivity contribution is 0.481. The molecular weight excluding hydrogens is 921 g/mol. The largest absolute Gasteiger partial charge is 0.456 e. The Morgan fingerprint density at radius 1 is 0.571 bits per heavy atom. The molecule has 8 rings (SSSR count). The summed E-state index contributed by atoms with van der Waals surface area (Å²) in [7, 11) is -5.46. The van der Waals surface area contributed by atoms with Crippen LogP contribution in [0.1, 0.15) is 0 Å².